The number of hydrogen-bond acceptors (Lipinski definition) is 5. The molecule has 0 bridgehead atoms. The van der Waals surface area contributed by atoms with E-state index in [-0.39, 0.29) is 0 Å². The van der Waals surface area contributed by atoms with Gasteiger partial charge in [-0.25, -0.2) is 0 Å². The van der Waals surface area contributed by atoms with Crippen LogP contribution >= 0.6 is 0 Å². The van der Waals surface area contributed by atoms with Crippen molar-refractivity contribution in [3.8, 4) is 17.2 Å². The lowest BCUT2D eigenvalue weighted by Crippen LogP contribution is -2.03. The Morgan fingerprint density at radius 2 is 1.80 bits per heavy atom. The molecule has 0 unspecified atom stereocenters. The van der Waals surface area contributed by atoms with E-state index in [9.17, 15) is 0 Å². The predicted octanol–water partition coefficient (Wildman–Crippen LogP) is 2.15. The molecule has 1 aromatic heterocycles. The van der Waals surface area contributed by atoms with Crippen molar-refractivity contribution in [2.24, 2.45) is 5.73 Å². The lowest BCUT2D eigenvalue weighted by molar-refractivity contribution is 0.327. The molecule has 0 fully saturated rings. The molecule has 0 spiro atoms. The highest BCUT2D eigenvalue weighted by atomic mass is 16.5. The van der Waals surface area contributed by atoms with E-state index in [1.807, 2.05) is 12.1 Å². The van der Waals surface area contributed by atoms with Gasteiger partial charge in [0.05, 0.1) is 21.3 Å². The van der Waals surface area contributed by atoms with Gasteiger partial charge in [0, 0.05) is 22.7 Å². The minimum absolute atomic E-state index is 0.596. The third-order valence-corrected chi connectivity index (χ3v) is 3.27. The topological polar surface area (TPSA) is 66.6 Å². The van der Waals surface area contributed by atoms with Crippen LogP contribution in [-0.2, 0) is 6.42 Å². The van der Waals surface area contributed by atoms with Gasteiger partial charge in [0.15, 0.2) is 11.5 Å². The Kier molecular flexibility index (Phi) is 4.63. The molecule has 0 aliphatic carbocycles. The van der Waals surface area contributed by atoms with E-state index in [1.165, 1.54) is 0 Å². The van der Waals surface area contributed by atoms with E-state index in [0.717, 1.165) is 29.3 Å². The second-order valence-electron chi connectivity index (χ2n) is 4.39. The van der Waals surface area contributed by atoms with Gasteiger partial charge in [-0.15, -0.1) is 0 Å². The Hall–Kier alpha value is -2.01. The molecule has 0 aliphatic heterocycles. The molecule has 20 heavy (non-hydrogen) atoms. The molecule has 1 aromatic carbocycles. The van der Waals surface area contributed by atoms with E-state index in [1.54, 1.807) is 27.5 Å². The number of benzene rings is 1. The minimum Gasteiger partial charge on any atom is -0.493 e. The fourth-order valence-electron chi connectivity index (χ4n) is 2.32. The van der Waals surface area contributed by atoms with E-state index in [4.69, 9.17) is 19.9 Å². The van der Waals surface area contributed by atoms with Crippen LogP contribution in [0.1, 0.15) is 12.1 Å². The molecule has 0 aliphatic rings. The van der Waals surface area contributed by atoms with Gasteiger partial charge in [-0.1, -0.05) is 0 Å². The van der Waals surface area contributed by atoms with Gasteiger partial charge in [0.25, 0.3) is 0 Å². The Bertz CT molecular complexity index is 599. The van der Waals surface area contributed by atoms with Crippen molar-refractivity contribution >= 4 is 10.8 Å². The molecule has 5 nitrogen and oxygen atoms in total. The maximum Gasteiger partial charge on any atom is 0.203 e. The molecule has 108 valence electrons. The zero-order valence-electron chi connectivity index (χ0n) is 12.1. The molecule has 0 radical (unpaired) electrons. The first-order chi connectivity index (χ1) is 9.76. The van der Waals surface area contributed by atoms with Crippen molar-refractivity contribution in [2.45, 2.75) is 12.8 Å². The quantitative estimate of drug-likeness (QED) is 0.875. The first kappa shape index (κ1) is 14.4. The maximum absolute atomic E-state index is 5.58. The highest BCUT2D eigenvalue weighted by molar-refractivity contribution is 5.94. The van der Waals surface area contributed by atoms with Gasteiger partial charge >= 0.3 is 0 Å². The smallest absolute Gasteiger partial charge is 0.203 e. The van der Waals surface area contributed by atoms with E-state index in [2.05, 4.69) is 4.98 Å². The summed E-state index contributed by atoms with van der Waals surface area (Å²) in [6, 6.07) is 3.86. The monoisotopic (exact) mass is 276 g/mol. The Balaban J connectivity index is 2.69. The number of aryl methyl sites for hydroxylation is 1. The third kappa shape index (κ3) is 2.49. The predicted molar refractivity (Wildman–Crippen MR) is 78.8 cm³/mol. The molecule has 2 aromatic rings. The highest BCUT2D eigenvalue weighted by Crippen LogP contribution is 2.43. The average molecular weight is 276 g/mol. The van der Waals surface area contributed by atoms with Gasteiger partial charge in [-0.05, 0) is 31.5 Å². The van der Waals surface area contributed by atoms with Crippen LogP contribution in [0, 0.1) is 0 Å². The fourth-order valence-corrected chi connectivity index (χ4v) is 2.32. The molecule has 1 heterocycles. The highest BCUT2D eigenvalue weighted by Gasteiger charge is 2.17. The van der Waals surface area contributed by atoms with E-state index in [0.29, 0.717) is 23.8 Å². The number of methoxy groups -OCH3 is 3. The Morgan fingerprint density at radius 1 is 1.05 bits per heavy atom. The van der Waals surface area contributed by atoms with Gasteiger partial charge < -0.3 is 19.9 Å². The van der Waals surface area contributed by atoms with Crippen LogP contribution in [0.2, 0.25) is 0 Å². The maximum atomic E-state index is 5.58. The number of nitrogens with two attached hydrogens (primary N) is 1. The van der Waals surface area contributed by atoms with Crippen LogP contribution in [0.25, 0.3) is 10.8 Å². The first-order valence-electron chi connectivity index (χ1n) is 6.53. The summed E-state index contributed by atoms with van der Waals surface area (Å²) in [4.78, 5) is 4.44. The largest absolute Gasteiger partial charge is 0.493 e. The van der Waals surface area contributed by atoms with Crippen LogP contribution in [0.5, 0.6) is 17.2 Å². The summed E-state index contributed by atoms with van der Waals surface area (Å²) in [5.41, 5.74) is 6.57. The summed E-state index contributed by atoms with van der Waals surface area (Å²) >= 11 is 0. The van der Waals surface area contributed by atoms with Crippen LogP contribution in [-0.4, -0.2) is 32.9 Å². The molecular formula is C15H20N2O3. The van der Waals surface area contributed by atoms with Crippen molar-refractivity contribution in [1.29, 1.82) is 0 Å². The Labute approximate surface area is 118 Å². The number of ether oxygens (including phenoxy) is 3. The number of nitrogens with zero attached hydrogens (tertiary/aromatic N) is 1. The van der Waals surface area contributed by atoms with E-state index >= 15 is 0 Å². The zero-order chi connectivity index (χ0) is 14.5. The number of hydrogen-bond donors (Lipinski definition) is 1. The SMILES string of the molecule is COc1cc2c(CCCN)nccc2c(OC)c1OC. The molecule has 0 saturated carbocycles. The molecule has 0 amide bonds. The second-order valence-corrected chi connectivity index (χ2v) is 4.39. The molecule has 0 saturated heterocycles. The summed E-state index contributed by atoms with van der Waals surface area (Å²) in [7, 11) is 4.83. The number of pyridine rings is 1. The fraction of sp³-hybridized carbons (Fsp3) is 0.400. The van der Waals surface area contributed by atoms with Crippen molar-refractivity contribution in [1.82, 2.24) is 4.98 Å². The van der Waals surface area contributed by atoms with Crippen molar-refractivity contribution < 1.29 is 14.2 Å². The van der Waals surface area contributed by atoms with E-state index < -0.39 is 0 Å². The molecule has 2 rings (SSSR count). The normalized spacial score (nSPS) is 10.6. The van der Waals surface area contributed by atoms with Crippen LogP contribution in [0.3, 0.4) is 0 Å². The lowest BCUT2D eigenvalue weighted by Gasteiger charge is -2.16. The Morgan fingerprint density at radius 3 is 2.40 bits per heavy atom. The van der Waals surface area contributed by atoms with Crippen molar-refractivity contribution in [3.63, 3.8) is 0 Å². The summed E-state index contributed by atoms with van der Waals surface area (Å²) in [5, 5.41) is 1.97. The second kappa shape index (κ2) is 6.43. The number of rotatable bonds is 6. The van der Waals surface area contributed by atoms with Crippen LogP contribution in [0.4, 0.5) is 0 Å². The zero-order valence-corrected chi connectivity index (χ0v) is 12.1. The number of aromatic nitrogens is 1. The van der Waals surface area contributed by atoms with Crippen molar-refractivity contribution in [3.05, 3.63) is 24.0 Å². The van der Waals surface area contributed by atoms with Gasteiger partial charge in [-0.2, -0.15) is 0 Å². The average Bonchev–Trinajstić information content (AvgIpc) is 2.50. The minimum atomic E-state index is 0.596. The summed E-state index contributed by atoms with van der Waals surface area (Å²) in [6.07, 6.45) is 3.50. The summed E-state index contributed by atoms with van der Waals surface area (Å²) in [5.74, 6) is 1.90. The lowest BCUT2D eigenvalue weighted by atomic mass is 10.0. The van der Waals surface area contributed by atoms with Crippen LogP contribution in [0.15, 0.2) is 18.3 Å². The standard InChI is InChI=1S/C15H20N2O3/c1-18-13-9-11-10(14(19-2)15(13)20-3)6-8-17-12(11)5-4-7-16/h6,8-9H,4-5,7,16H2,1-3H3. The summed E-state index contributed by atoms with van der Waals surface area (Å²) < 4.78 is 16.3. The number of fused-ring (bicyclic) bond motifs is 1. The molecule has 5 heteroatoms. The van der Waals surface area contributed by atoms with Gasteiger partial charge in [0.1, 0.15) is 0 Å². The van der Waals surface area contributed by atoms with Gasteiger partial charge in [0.2, 0.25) is 5.75 Å². The molecule has 2 N–H and O–H groups in total. The third-order valence-electron chi connectivity index (χ3n) is 3.27. The molecule has 0 atom stereocenters. The van der Waals surface area contributed by atoms with Crippen LogP contribution < -0.4 is 19.9 Å². The molecular weight excluding hydrogens is 256 g/mol. The van der Waals surface area contributed by atoms with Gasteiger partial charge in [-0.3, -0.25) is 4.98 Å². The summed E-state index contributed by atoms with van der Waals surface area (Å²) in [6.45, 7) is 0.641. The first-order valence-corrected chi connectivity index (χ1v) is 6.53. The van der Waals surface area contributed by atoms with Crippen molar-refractivity contribution in [2.75, 3.05) is 27.9 Å².